The second kappa shape index (κ2) is 24.9. The lowest BCUT2D eigenvalue weighted by Crippen LogP contribution is -2.13. The summed E-state index contributed by atoms with van der Waals surface area (Å²) in [5.41, 5.74) is 9.62. The molecular formula is C64H69N15O9S2. The number of aromatic nitrogens is 15. The Hall–Kier alpha value is -9.30. The fourth-order valence-corrected chi connectivity index (χ4v) is 15.7. The predicted octanol–water partition coefficient (Wildman–Crippen LogP) is 10.1. The largest absolute Gasteiger partial charge is 0.463 e. The first-order chi connectivity index (χ1) is 43.4. The van der Waals surface area contributed by atoms with Crippen molar-refractivity contribution in [2.24, 2.45) is 17.8 Å². The molecule has 14 rings (SSSR count). The van der Waals surface area contributed by atoms with E-state index in [2.05, 4.69) is 75.7 Å². The first-order valence-corrected chi connectivity index (χ1v) is 33.3. The smallest absolute Gasteiger partial charge is 0.330 e. The van der Waals surface area contributed by atoms with Gasteiger partial charge in [-0.2, -0.15) is 0 Å². The predicted molar refractivity (Wildman–Crippen MR) is 334 cm³/mol. The van der Waals surface area contributed by atoms with Crippen molar-refractivity contribution in [2.75, 3.05) is 13.2 Å². The maximum absolute atomic E-state index is 13.4. The summed E-state index contributed by atoms with van der Waals surface area (Å²) in [5, 5.41) is 26.2. The van der Waals surface area contributed by atoms with E-state index in [9.17, 15) is 31.2 Å². The maximum Gasteiger partial charge on any atom is 0.330 e. The molecular weight excluding hydrogens is 1190 g/mol. The molecule has 2 aromatic carbocycles. The number of aromatic amines is 1. The third-order valence-electron chi connectivity index (χ3n) is 17.7. The van der Waals surface area contributed by atoms with E-state index in [0.717, 1.165) is 89.3 Å². The Balaban J connectivity index is 0.000000133. The van der Waals surface area contributed by atoms with Crippen molar-refractivity contribution in [3.8, 4) is 0 Å². The third-order valence-corrected chi connectivity index (χ3v) is 21.1. The number of rotatable bonds is 14. The number of nitrogens with zero attached hydrogens (tertiary/aromatic N) is 14. The molecule has 3 saturated carbocycles. The summed E-state index contributed by atoms with van der Waals surface area (Å²) < 4.78 is 71.5. The minimum Gasteiger partial charge on any atom is -0.463 e. The first kappa shape index (κ1) is 61.0. The van der Waals surface area contributed by atoms with Gasteiger partial charge in [0.05, 0.1) is 58.1 Å². The standard InChI is InChI=1S/C25H27N5O4S.C21H21N5O3S.C18H21N5O2/c1-4-18-12-17(14-23(31)34-5-2)13-20(18)24-28-27-22-15-26-25-21(30(22)24)10-11-29(25)35(32,33)19-8-6-16(3)7-9-19;1-3-14-10-15(27)11-17(14)20-24-23-19-12-22-21-18(26(19)20)8-9-25(21)30(28,29)16-6-4-13(2)5-7-16;1-3-12-7-11(9-16(24)25-4-2)8-13(12)18-22-21-15-10-20-17-14(23(15)18)5-6-19-17/h6-11,14-15,18,20H,4-5,12-13H2,1-3H3;4-9,12,14,17H,3,10-11H2,1-2H3;5-6,9-10,12-13,19H,3-4,7-8H2,1-2H3. The Kier molecular flexibility index (Phi) is 16.9. The first-order valence-electron chi connectivity index (χ1n) is 30.4. The third kappa shape index (κ3) is 11.3. The summed E-state index contributed by atoms with van der Waals surface area (Å²) in [6, 6.07) is 18.9. The zero-order valence-corrected chi connectivity index (χ0v) is 52.6. The number of benzene rings is 2. The number of fused-ring (bicyclic) bond motifs is 9. The number of ketones is 1. The average Bonchev–Trinajstić information content (AvgIpc) is 1.60. The van der Waals surface area contributed by atoms with Crippen LogP contribution < -0.4 is 0 Å². The topological polar surface area (TPSA) is 293 Å². The van der Waals surface area contributed by atoms with E-state index in [1.807, 2.05) is 41.8 Å². The van der Waals surface area contributed by atoms with Gasteiger partial charge in [0.25, 0.3) is 20.0 Å². The number of carbonyl (C=O) groups excluding carboxylic acids is 3. The molecule has 0 spiro atoms. The molecule has 9 aromatic heterocycles. The maximum atomic E-state index is 13.4. The molecule has 6 unspecified atom stereocenters. The highest BCUT2D eigenvalue weighted by Gasteiger charge is 2.39. The fraction of sp³-hybridized carbons (Fsp3) is 0.375. The molecule has 0 bridgehead atoms. The number of H-pyrrole nitrogens is 1. The van der Waals surface area contributed by atoms with Crippen LogP contribution in [0, 0.1) is 31.6 Å². The highest BCUT2D eigenvalue weighted by molar-refractivity contribution is 7.90. The lowest BCUT2D eigenvalue weighted by Gasteiger charge is -2.16. The van der Waals surface area contributed by atoms with Crippen LogP contribution in [0.25, 0.3) is 50.4 Å². The van der Waals surface area contributed by atoms with E-state index in [0.29, 0.717) is 77.8 Å². The molecule has 11 aromatic rings. The fourth-order valence-electron chi connectivity index (χ4n) is 13.1. The number of hydrogen-bond acceptors (Lipinski definition) is 18. The molecule has 0 amide bonds. The molecule has 3 aliphatic rings. The number of allylic oxidation sites excluding steroid dienone is 2. The number of carbonyl (C=O) groups is 3. The molecule has 1 N–H and O–H groups in total. The molecule has 3 fully saturated rings. The van der Waals surface area contributed by atoms with Crippen LogP contribution in [-0.2, 0) is 43.9 Å². The van der Waals surface area contributed by atoms with Gasteiger partial charge in [-0.1, -0.05) is 86.6 Å². The molecule has 466 valence electrons. The SMILES string of the molecule is CCC1CC(=O)CC1c1nnc2cnc3c(ccn3S(=O)(=O)c3ccc(C)cc3)n12.CCOC(=O)C=C1CC(CC)C(c2nnc3cnc4[nH]ccc4n23)C1.CCOC(=O)C=C1CC(CC)C(c2nnc3cnc4c(ccn4S(=O)(=O)c4ccc(C)cc4)n23)C1. The lowest BCUT2D eigenvalue weighted by molar-refractivity contribution is -0.138. The summed E-state index contributed by atoms with van der Waals surface area (Å²) in [6.45, 7) is 14.5. The van der Waals surface area contributed by atoms with Crippen molar-refractivity contribution in [3.05, 3.63) is 156 Å². The number of ether oxygens (including phenoxy) is 2. The molecule has 24 nitrogen and oxygen atoms in total. The van der Waals surface area contributed by atoms with Crippen LogP contribution in [-0.4, -0.2) is 119 Å². The van der Waals surface area contributed by atoms with Crippen LogP contribution in [0.4, 0.5) is 0 Å². The van der Waals surface area contributed by atoms with Crippen molar-refractivity contribution in [1.82, 2.24) is 71.7 Å². The summed E-state index contributed by atoms with van der Waals surface area (Å²) >= 11 is 0. The minimum absolute atomic E-state index is 0.0276. The van der Waals surface area contributed by atoms with Gasteiger partial charge in [0.2, 0.25) is 0 Å². The van der Waals surface area contributed by atoms with Crippen LogP contribution in [0.1, 0.15) is 139 Å². The van der Waals surface area contributed by atoms with Gasteiger partial charge in [-0.15, -0.1) is 30.6 Å². The van der Waals surface area contributed by atoms with Gasteiger partial charge in [-0.05, 0) is 114 Å². The average molecular weight is 1260 g/mol. The van der Waals surface area contributed by atoms with Crippen LogP contribution in [0.5, 0.6) is 0 Å². The molecule has 6 atom stereocenters. The second-order valence-corrected chi connectivity index (χ2v) is 26.8. The van der Waals surface area contributed by atoms with Gasteiger partial charge < -0.3 is 14.5 Å². The van der Waals surface area contributed by atoms with E-state index in [4.69, 9.17) is 9.47 Å². The van der Waals surface area contributed by atoms with Crippen molar-refractivity contribution >= 4 is 88.2 Å². The quantitative estimate of drug-likeness (QED) is 0.0782. The van der Waals surface area contributed by atoms with Crippen molar-refractivity contribution in [1.29, 1.82) is 0 Å². The highest BCUT2D eigenvalue weighted by atomic mass is 32.2. The van der Waals surface area contributed by atoms with Gasteiger partial charge in [-0.3, -0.25) is 18.0 Å². The van der Waals surface area contributed by atoms with Crippen LogP contribution in [0.2, 0.25) is 0 Å². The summed E-state index contributed by atoms with van der Waals surface area (Å²) in [6.07, 6.45) is 19.9. The minimum atomic E-state index is -3.83. The van der Waals surface area contributed by atoms with Crippen LogP contribution in [0.3, 0.4) is 0 Å². The molecule has 0 aliphatic heterocycles. The van der Waals surface area contributed by atoms with E-state index in [1.54, 1.807) is 92.1 Å². The Morgan fingerprint density at radius 1 is 0.511 bits per heavy atom. The number of aryl methyl sites for hydroxylation is 2. The Morgan fingerprint density at radius 2 is 0.911 bits per heavy atom. The van der Waals surface area contributed by atoms with Gasteiger partial charge in [-0.25, -0.2) is 49.3 Å². The highest BCUT2D eigenvalue weighted by Crippen LogP contribution is 2.46. The molecule has 90 heavy (non-hydrogen) atoms. The monoisotopic (exact) mass is 1260 g/mol. The van der Waals surface area contributed by atoms with E-state index >= 15 is 0 Å². The molecule has 0 radical (unpaired) electrons. The van der Waals surface area contributed by atoms with Crippen molar-refractivity contribution < 1.29 is 40.7 Å². The van der Waals surface area contributed by atoms with Gasteiger partial charge in [0, 0.05) is 61.3 Å². The van der Waals surface area contributed by atoms with E-state index in [-0.39, 0.29) is 57.1 Å². The summed E-state index contributed by atoms with van der Waals surface area (Å²) in [4.78, 5) is 52.6. The summed E-state index contributed by atoms with van der Waals surface area (Å²) in [7, 11) is -7.63. The Bertz CT molecular complexity index is 4840. The molecule has 9 heterocycles. The van der Waals surface area contributed by atoms with Crippen LogP contribution >= 0.6 is 0 Å². The van der Waals surface area contributed by atoms with Crippen molar-refractivity contribution in [2.45, 2.75) is 134 Å². The van der Waals surface area contributed by atoms with Gasteiger partial charge >= 0.3 is 11.9 Å². The number of esters is 2. The van der Waals surface area contributed by atoms with Crippen molar-refractivity contribution in [3.63, 3.8) is 0 Å². The molecule has 26 heteroatoms. The molecule has 0 saturated heterocycles. The lowest BCUT2D eigenvalue weighted by atomic mass is 9.93. The number of hydrogen-bond donors (Lipinski definition) is 1. The van der Waals surface area contributed by atoms with E-state index < -0.39 is 20.0 Å². The zero-order chi connectivity index (χ0) is 63.2. The van der Waals surface area contributed by atoms with E-state index in [1.165, 1.54) is 26.5 Å². The number of nitrogens with one attached hydrogen (secondary N) is 1. The second-order valence-electron chi connectivity index (χ2n) is 23.2. The Morgan fingerprint density at radius 3 is 1.33 bits per heavy atom. The normalized spacial score (nSPS) is 20.5. The number of Topliss-reactive ketones (excluding diaryl/α,β-unsaturated/α-hetero) is 1. The van der Waals surface area contributed by atoms with Gasteiger partial charge in [0.1, 0.15) is 23.3 Å². The zero-order valence-electron chi connectivity index (χ0n) is 51.0. The van der Waals surface area contributed by atoms with Gasteiger partial charge in [0.15, 0.2) is 33.9 Å². The van der Waals surface area contributed by atoms with Crippen LogP contribution in [0.15, 0.2) is 137 Å². The molecule has 3 aliphatic carbocycles. The summed E-state index contributed by atoms with van der Waals surface area (Å²) in [5.74, 6) is 3.23. The Labute approximate surface area is 518 Å².